The van der Waals surface area contributed by atoms with E-state index in [0.29, 0.717) is 25.3 Å². The van der Waals surface area contributed by atoms with Crippen molar-refractivity contribution in [2.45, 2.75) is 38.8 Å². The Morgan fingerprint density at radius 3 is 2.76 bits per heavy atom. The van der Waals surface area contributed by atoms with Crippen molar-refractivity contribution in [3.05, 3.63) is 59.7 Å². The number of carbonyl (C=O) groups is 2. The molecule has 1 fully saturated rings. The van der Waals surface area contributed by atoms with E-state index < -0.39 is 6.04 Å². The Labute approximate surface area is 147 Å². The molecular formula is C19H22N4O2. The Bertz CT molecular complexity index is 748. The zero-order valence-electron chi connectivity index (χ0n) is 14.3. The molecule has 1 N–H and O–H groups in total. The highest BCUT2D eigenvalue weighted by Crippen LogP contribution is 2.25. The number of benzene rings is 1. The largest absolute Gasteiger partial charge is 0.348 e. The maximum absolute atomic E-state index is 12.9. The molecule has 130 valence electrons. The fraction of sp³-hybridized carbons (Fsp3) is 0.368. The van der Waals surface area contributed by atoms with Gasteiger partial charge in [0.15, 0.2) is 0 Å². The molecule has 6 nitrogen and oxygen atoms in total. The molecule has 1 aromatic carbocycles. The lowest BCUT2D eigenvalue weighted by Gasteiger charge is -2.34. The second kappa shape index (κ2) is 7.88. The number of piperidine rings is 1. The van der Waals surface area contributed by atoms with Crippen molar-refractivity contribution >= 4 is 11.8 Å². The predicted molar refractivity (Wildman–Crippen MR) is 93.4 cm³/mol. The van der Waals surface area contributed by atoms with Gasteiger partial charge in [-0.1, -0.05) is 30.3 Å². The zero-order valence-corrected chi connectivity index (χ0v) is 14.3. The second-order valence-corrected chi connectivity index (χ2v) is 6.17. The number of hydrogen-bond acceptors (Lipinski definition) is 4. The van der Waals surface area contributed by atoms with Crippen molar-refractivity contribution in [1.82, 2.24) is 20.2 Å². The molecule has 0 unspecified atom stereocenters. The SMILES string of the molecule is Cc1nccc(CNC(=O)[C@@H](c2ccccc2)N2CCCCC2=O)n1. The summed E-state index contributed by atoms with van der Waals surface area (Å²) in [4.78, 5) is 35.3. The standard InChI is InChI=1S/C19H22N4O2/c1-14-20-11-10-16(22-14)13-21-19(25)18(15-7-3-2-4-8-15)23-12-6-5-9-17(23)24/h2-4,7-8,10-11,18H,5-6,9,12-13H2,1H3,(H,21,25)/t18-/m1/s1. The molecule has 0 saturated carbocycles. The Morgan fingerprint density at radius 1 is 1.24 bits per heavy atom. The summed E-state index contributed by atoms with van der Waals surface area (Å²) < 4.78 is 0. The summed E-state index contributed by atoms with van der Waals surface area (Å²) in [6.07, 6.45) is 3.99. The first kappa shape index (κ1) is 17.1. The Kier molecular flexibility index (Phi) is 5.38. The Balaban J connectivity index is 1.78. The predicted octanol–water partition coefficient (Wildman–Crippen LogP) is 2.16. The Hall–Kier alpha value is -2.76. The fourth-order valence-corrected chi connectivity index (χ4v) is 3.09. The molecule has 25 heavy (non-hydrogen) atoms. The van der Waals surface area contributed by atoms with E-state index in [0.717, 1.165) is 24.1 Å². The van der Waals surface area contributed by atoms with Gasteiger partial charge in [-0.05, 0) is 31.4 Å². The minimum atomic E-state index is -0.600. The zero-order chi connectivity index (χ0) is 17.6. The third-order valence-electron chi connectivity index (χ3n) is 4.31. The van der Waals surface area contributed by atoms with E-state index in [4.69, 9.17) is 0 Å². The number of rotatable bonds is 5. The van der Waals surface area contributed by atoms with Crippen molar-refractivity contribution in [1.29, 1.82) is 0 Å². The van der Waals surface area contributed by atoms with Crippen molar-refractivity contribution in [3.63, 3.8) is 0 Å². The number of carbonyl (C=O) groups excluding carboxylic acids is 2. The van der Waals surface area contributed by atoms with Crippen LogP contribution in [0.5, 0.6) is 0 Å². The van der Waals surface area contributed by atoms with E-state index in [-0.39, 0.29) is 11.8 Å². The van der Waals surface area contributed by atoms with Gasteiger partial charge in [-0.2, -0.15) is 0 Å². The third kappa shape index (κ3) is 4.21. The van der Waals surface area contributed by atoms with Crippen LogP contribution in [0.3, 0.4) is 0 Å². The lowest BCUT2D eigenvalue weighted by molar-refractivity contribution is -0.142. The first-order valence-electron chi connectivity index (χ1n) is 8.56. The first-order valence-corrected chi connectivity index (χ1v) is 8.56. The van der Waals surface area contributed by atoms with Gasteiger partial charge in [0.2, 0.25) is 11.8 Å². The molecule has 2 aromatic rings. The summed E-state index contributed by atoms with van der Waals surface area (Å²) in [5, 5.41) is 2.92. The average molecular weight is 338 g/mol. The van der Waals surface area contributed by atoms with E-state index in [9.17, 15) is 9.59 Å². The Morgan fingerprint density at radius 2 is 2.04 bits per heavy atom. The average Bonchev–Trinajstić information content (AvgIpc) is 2.63. The molecule has 0 spiro atoms. The maximum Gasteiger partial charge on any atom is 0.247 e. The van der Waals surface area contributed by atoms with Gasteiger partial charge in [0.05, 0.1) is 12.2 Å². The number of aromatic nitrogens is 2. The maximum atomic E-state index is 12.9. The number of nitrogens with zero attached hydrogens (tertiary/aromatic N) is 3. The van der Waals surface area contributed by atoms with Crippen LogP contribution in [0.1, 0.15) is 42.4 Å². The normalized spacial score (nSPS) is 15.7. The summed E-state index contributed by atoms with van der Waals surface area (Å²) in [6, 6.07) is 10.6. The van der Waals surface area contributed by atoms with Gasteiger partial charge in [0.1, 0.15) is 11.9 Å². The molecule has 1 aliphatic heterocycles. The molecule has 2 heterocycles. The molecule has 2 amide bonds. The highest BCUT2D eigenvalue weighted by Gasteiger charge is 2.32. The molecule has 6 heteroatoms. The number of amides is 2. The van der Waals surface area contributed by atoms with E-state index >= 15 is 0 Å². The van der Waals surface area contributed by atoms with Crippen molar-refractivity contribution in [3.8, 4) is 0 Å². The van der Waals surface area contributed by atoms with E-state index in [1.54, 1.807) is 17.2 Å². The molecule has 0 radical (unpaired) electrons. The van der Waals surface area contributed by atoms with Crippen molar-refractivity contribution in [2.75, 3.05) is 6.54 Å². The molecule has 0 aliphatic carbocycles. The minimum Gasteiger partial charge on any atom is -0.348 e. The van der Waals surface area contributed by atoms with Crippen LogP contribution in [0.15, 0.2) is 42.6 Å². The summed E-state index contributed by atoms with van der Waals surface area (Å²) in [7, 11) is 0. The third-order valence-corrected chi connectivity index (χ3v) is 4.31. The van der Waals surface area contributed by atoms with E-state index in [2.05, 4.69) is 15.3 Å². The van der Waals surface area contributed by atoms with Gasteiger partial charge >= 0.3 is 0 Å². The van der Waals surface area contributed by atoms with Gasteiger partial charge in [0.25, 0.3) is 0 Å². The topological polar surface area (TPSA) is 75.2 Å². The summed E-state index contributed by atoms with van der Waals surface area (Å²) in [5.41, 5.74) is 1.58. The van der Waals surface area contributed by atoms with Crippen LogP contribution >= 0.6 is 0 Å². The number of nitrogens with one attached hydrogen (secondary N) is 1. The highest BCUT2D eigenvalue weighted by atomic mass is 16.2. The van der Waals surface area contributed by atoms with Gasteiger partial charge in [-0.3, -0.25) is 9.59 Å². The smallest absolute Gasteiger partial charge is 0.247 e. The number of likely N-dealkylation sites (tertiary alicyclic amines) is 1. The lowest BCUT2D eigenvalue weighted by atomic mass is 10.0. The van der Waals surface area contributed by atoms with Crippen LogP contribution in [0.4, 0.5) is 0 Å². The summed E-state index contributed by atoms with van der Waals surface area (Å²) in [6.45, 7) is 2.73. The van der Waals surface area contributed by atoms with Crippen LogP contribution in [0, 0.1) is 6.92 Å². The summed E-state index contributed by atoms with van der Waals surface area (Å²) in [5.74, 6) is 0.517. The van der Waals surface area contributed by atoms with Crippen LogP contribution in [-0.2, 0) is 16.1 Å². The number of aryl methyl sites for hydroxylation is 1. The van der Waals surface area contributed by atoms with Gasteiger partial charge in [0, 0.05) is 19.2 Å². The second-order valence-electron chi connectivity index (χ2n) is 6.17. The van der Waals surface area contributed by atoms with Crippen molar-refractivity contribution in [2.24, 2.45) is 0 Å². The minimum absolute atomic E-state index is 0.0353. The van der Waals surface area contributed by atoms with Gasteiger partial charge in [-0.15, -0.1) is 0 Å². The van der Waals surface area contributed by atoms with Gasteiger partial charge in [-0.25, -0.2) is 9.97 Å². The first-order chi connectivity index (χ1) is 12.1. The van der Waals surface area contributed by atoms with Crippen LogP contribution in [0.25, 0.3) is 0 Å². The lowest BCUT2D eigenvalue weighted by Crippen LogP contribution is -2.45. The van der Waals surface area contributed by atoms with Crippen LogP contribution in [0.2, 0.25) is 0 Å². The fourth-order valence-electron chi connectivity index (χ4n) is 3.09. The van der Waals surface area contributed by atoms with E-state index in [1.807, 2.05) is 37.3 Å². The molecule has 1 aliphatic rings. The molecule has 1 atom stereocenters. The molecule has 0 bridgehead atoms. The monoisotopic (exact) mass is 338 g/mol. The van der Waals surface area contributed by atoms with Crippen LogP contribution < -0.4 is 5.32 Å². The van der Waals surface area contributed by atoms with E-state index in [1.165, 1.54) is 0 Å². The van der Waals surface area contributed by atoms with Crippen molar-refractivity contribution < 1.29 is 9.59 Å². The highest BCUT2D eigenvalue weighted by molar-refractivity contribution is 5.89. The molecule has 1 saturated heterocycles. The van der Waals surface area contributed by atoms with Gasteiger partial charge < -0.3 is 10.2 Å². The molecule has 3 rings (SSSR count). The quantitative estimate of drug-likeness (QED) is 0.906. The summed E-state index contributed by atoms with van der Waals surface area (Å²) >= 11 is 0. The number of hydrogen-bond donors (Lipinski definition) is 1. The molecular weight excluding hydrogens is 316 g/mol. The van der Waals surface area contributed by atoms with Crippen LogP contribution in [-0.4, -0.2) is 33.2 Å². The molecule has 1 aromatic heterocycles.